The molecule has 202 valence electrons. The van der Waals surface area contributed by atoms with E-state index in [-0.39, 0.29) is 24.2 Å². The Kier molecular flexibility index (Phi) is 9.79. The number of ether oxygens (including phenoxy) is 2. The van der Waals surface area contributed by atoms with Crippen molar-refractivity contribution in [1.29, 1.82) is 0 Å². The number of amides is 2. The van der Waals surface area contributed by atoms with Crippen molar-refractivity contribution in [2.75, 3.05) is 31.3 Å². The standard InChI is InChI=1S/C27H37N3O6S/c1-20(27(32)28-22-10-6-5-7-11-22)29(18-21-14-16-23(35-2)17-15-21)26(31)19-30(37(4,33)34)24-12-8-9-13-25(24)36-3/h8-9,12-17,20,22H,5-7,10-11,18-19H2,1-4H3,(H,28,32)/t20-/m1/s1. The third kappa shape index (κ3) is 7.61. The van der Waals surface area contributed by atoms with Crippen molar-refractivity contribution in [3.63, 3.8) is 0 Å². The van der Waals surface area contributed by atoms with Crippen LogP contribution in [0.5, 0.6) is 11.5 Å². The molecule has 2 aromatic rings. The second kappa shape index (κ2) is 12.8. The molecule has 0 bridgehead atoms. The fourth-order valence-electron chi connectivity index (χ4n) is 4.51. The summed E-state index contributed by atoms with van der Waals surface area (Å²) < 4.78 is 37.1. The Morgan fingerprint density at radius 3 is 2.24 bits per heavy atom. The van der Waals surface area contributed by atoms with Gasteiger partial charge in [0.2, 0.25) is 21.8 Å². The van der Waals surface area contributed by atoms with E-state index in [0.29, 0.717) is 11.5 Å². The highest BCUT2D eigenvalue weighted by molar-refractivity contribution is 7.92. The summed E-state index contributed by atoms with van der Waals surface area (Å²) in [6, 6.07) is 13.1. The molecule has 1 fully saturated rings. The van der Waals surface area contributed by atoms with Gasteiger partial charge < -0.3 is 19.7 Å². The number of carbonyl (C=O) groups excluding carboxylic acids is 2. The predicted molar refractivity (Wildman–Crippen MR) is 143 cm³/mol. The first kappa shape index (κ1) is 28.3. The maximum Gasteiger partial charge on any atom is 0.244 e. The van der Waals surface area contributed by atoms with Crippen molar-refractivity contribution in [2.45, 2.75) is 57.7 Å². The fourth-order valence-corrected chi connectivity index (χ4v) is 5.36. The molecule has 1 aliphatic carbocycles. The Morgan fingerprint density at radius 2 is 1.65 bits per heavy atom. The lowest BCUT2D eigenvalue weighted by atomic mass is 9.95. The van der Waals surface area contributed by atoms with E-state index in [4.69, 9.17) is 9.47 Å². The molecule has 9 nitrogen and oxygen atoms in total. The third-order valence-corrected chi connectivity index (χ3v) is 7.79. The van der Waals surface area contributed by atoms with Crippen molar-refractivity contribution in [3.8, 4) is 11.5 Å². The van der Waals surface area contributed by atoms with Gasteiger partial charge in [-0.1, -0.05) is 43.5 Å². The van der Waals surface area contributed by atoms with E-state index < -0.39 is 28.5 Å². The number of para-hydroxylation sites is 2. The highest BCUT2D eigenvalue weighted by atomic mass is 32.2. The molecular weight excluding hydrogens is 494 g/mol. The van der Waals surface area contributed by atoms with Gasteiger partial charge in [-0.05, 0) is 49.6 Å². The normalized spacial score (nSPS) is 14.9. The van der Waals surface area contributed by atoms with Gasteiger partial charge in [0.05, 0.1) is 26.2 Å². The number of hydrogen-bond donors (Lipinski definition) is 1. The van der Waals surface area contributed by atoms with E-state index in [0.717, 1.165) is 48.2 Å². The predicted octanol–water partition coefficient (Wildman–Crippen LogP) is 3.34. The van der Waals surface area contributed by atoms with Crippen molar-refractivity contribution < 1.29 is 27.5 Å². The van der Waals surface area contributed by atoms with Crippen LogP contribution in [0.25, 0.3) is 0 Å². The van der Waals surface area contributed by atoms with E-state index in [1.807, 2.05) is 12.1 Å². The maximum absolute atomic E-state index is 13.7. The lowest BCUT2D eigenvalue weighted by Crippen LogP contribution is -2.53. The number of sulfonamides is 1. The zero-order chi connectivity index (χ0) is 27.0. The number of benzene rings is 2. The number of nitrogens with zero attached hydrogens (tertiary/aromatic N) is 2. The molecule has 0 spiro atoms. The third-order valence-electron chi connectivity index (χ3n) is 6.66. The summed E-state index contributed by atoms with van der Waals surface area (Å²) in [5.74, 6) is 0.241. The molecule has 2 amide bonds. The lowest BCUT2D eigenvalue weighted by molar-refractivity contribution is -0.139. The lowest BCUT2D eigenvalue weighted by Gasteiger charge is -2.33. The summed E-state index contributed by atoms with van der Waals surface area (Å²) in [5.41, 5.74) is 1.04. The van der Waals surface area contributed by atoms with Crippen LogP contribution in [0.3, 0.4) is 0 Å². The number of carbonyl (C=O) groups is 2. The van der Waals surface area contributed by atoms with Crippen LogP contribution in [0.1, 0.15) is 44.6 Å². The summed E-state index contributed by atoms with van der Waals surface area (Å²) in [4.78, 5) is 28.4. The first-order valence-corrected chi connectivity index (χ1v) is 14.3. The van der Waals surface area contributed by atoms with E-state index in [1.165, 1.54) is 12.0 Å². The summed E-state index contributed by atoms with van der Waals surface area (Å²) in [7, 11) is -0.832. The molecule has 10 heteroatoms. The van der Waals surface area contributed by atoms with Crippen LogP contribution < -0.4 is 19.1 Å². The van der Waals surface area contributed by atoms with Gasteiger partial charge in [0, 0.05) is 12.6 Å². The molecule has 0 radical (unpaired) electrons. The largest absolute Gasteiger partial charge is 0.497 e. The van der Waals surface area contributed by atoms with Crippen molar-refractivity contribution in [3.05, 3.63) is 54.1 Å². The maximum atomic E-state index is 13.7. The zero-order valence-electron chi connectivity index (χ0n) is 22.0. The van der Waals surface area contributed by atoms with E-state index in [1.54, 1.807) is 50.4 Å². The topological polar surface area (TPSA) is 105 Å². The molecule has 2 aromatic carbocycles. The Balaban J connectivity index is 1.89. The van der Waals surface area contributed by atoms with Gasteiger partial charge in [-0.15, -0.1) is 0 Å². The average Bonchev–Trinajstić information content (AvgIpc) is 2.90. The molecule has 1 atom stereocenters. The van der Waals surface area contributed by atoms with Crippen LogP contribution in [0.15, 0.2) is 48.5 Å². The number of rotatable bonds is 11. The molecule has 3 rings (SSSR count). The van der Waals surface area contributed by atoms with Gasteiger partial charge in [0.15, 0.2) is 0 Å². The SMILES string of the molecule is COc1ccc(CN(C(=O)CN(c2ccccc2OC)S(C)(=O)=O)[C@H](C)C(=O)NC2CCCCC2)cc1. The van der Waals surface area contributed by atoms with E-state index in [2.05, 4.69) is 5.32 Å². The van der Waals surface area contributed by atoms with Crippen molar-refractivity contribution in [2.24, 2.45) is 0 Å². The van der Waals surface area contributed by atoms with Crippen LogP contribution in [0, 0.1) is 0 Å². The van der Waals surface area contributed by atoms with Gasteiger partial charge in [0.1, 0.15) is 24.1 Å². The van der Waals surface area contributed by atoms with Gasteiger partial charge in [-0.3, -0.25) is 13.9 Å². The van der Waals surface area contributed by atoms with Gasteiger partial charge in [-0.25, -0.2) is 8.42 Å². The minimum absolute atomic E-state index is 0.0859. The smallest absolute Gasteiger partial charge is 0.244 e. The second-order valence-corrected chi connectivity index (χ2v) is 11.2. The molecule has 0 aliphatic heterocycles. The molecule has 0 saturated heterocycles. The molecule has 0 unspecified atom stereocenters. The zero-order valence-corrected chi connectivity index (χ0v) is 22.8. The quantitative estimate of drug-likeness (QED) is 0.477. The molecule has 0 aromatic heterocycles. The molecule has 0 heterocycles. The Hall–Kier alpha value is -3.27. The Bertz CT molecular complexity index is 1160. The number of methoxy groups -OCH3 is 2. The first-order valence-electron chi connectivity index (χ1n) is 12.5. The molecule has 37 heavy (non-hydrogen) atoms. The molecule has 1 aliphatic rings. The van der Waals surface area contributed by atoms with Crippen molar-refractivity contribution in [1.82, 2.24) is 10.2 Å². The van der Waals surface area contributed by atoms with Gasteiger partial charge in [-0.2, -0.15) is 0 Å². The second-order valence-electron chi connectivity index (χ2n) is 9.33. The number of hydrogen-bond acceptors (Lipinski definition) is 6. The van der Waals surface area contributed by atoms with Crippen molar-refractivity contribution >= 4 is 27.5 Å². The molecule has 1 N–H and O–H groups in total. The van der Waals surface area contributed by atoms with Gasteiger partial charge in [0.25, 0.3) is 0 Å². The van der Waals surface area contributed by atoms with E-state index in [9.17, 15) is 18.0 Å². The van der Waals surface area contributed by atoms with E-state index >= 15 is 0 Å². The summed E-state index contributed by atoms with van der Waals surface area (Å²) in [6.07, 6.45) is 6.17. The average molecular weight is 532 g/mol. The summed E-state index contributed by atoms with van der Waals surface area (Å²) >= 11 is 0. The monoisotopic (exact) mass is 531 g/mol. The minimum atomic E-state index is -3.84. The Morgan fingerprint density at radius 1 is 1.00 bits per heavy atom. The summed E-state index contributed by atoms with van der Waals surface area (Å²) in [6.45, 7) is 1.33. The van der Waals surface area contributed by atoms with Crippen LogP contribution in [0.2, 0.25) is 0 Å². The number of anilines is 1. The molecule has 1 saturated carbocycles. The van der Waals surface area contributed by atoms with Gasteiger partial charge >= 0.3 is 0 Å². The van der Waals surface area contributed by atoms with Crippen LogP contribution >= 0.6 is 0 Å². The highest BCUT2D eigenvalue weighted by Crippen LogP contribution is 2.30. The number of nitrogens with one attached hydrogen (secondary N) is 1. The minimum Gasteiger partial charge on any atom is -0.497 e. The van der Waals surface area contributed by atoms with Crippen LogP contribution in [0.4, 0.5) is 5.69 Å². The summed E-state index contributed by atoms with van der Waals surface area (Å²) in [5, 5.41) is 3.09. The van der Waals surface area contributed by atoms with Crippen LogP contribution in [-0.2, 0) is 26.2 Å². The fraction of sp³-hybridized carbons (Fsp3) is 0.481. The molecular formula is C27H37N3O6S. The van der Waals surface area contributed by atoms with Crippen LogP contribution in [-0.4, -0.2) is 64.2 Å². The first-order chi connectivity index (χ1) is 17.6. The highest BCUT2D eigenvalue weighted by Gasteiger charge is 2.32. The Labute approximate surface area is 219 Å².